The van der Waals surface area contributed by atoms with Gasteiger partial charge >= 0.3 is 0 Å². The highest BCUT2D eigenvalue weighted by molar-refractivity contribution is 5.54. The number of phenols is 2. The lowest BCUT2D eigenvalue weighted by molar-refractivity contribution is 0.445. The summed E-state index contributed by atoms with van der Waals surface area (Å²) in [6.07, 6.45) is 8.49. The number of aryl methyl sites for hydroxylation is 2. The lowest BCUT2D eigenvalue weighted by Crippen LogP contribution is -2.05. The summed E-state index contributed by atoms with van der Waals surface area (Å²) in [6.45, 7) is 10.6. The Bertz CT molecular complexity index is 713. The highest BCUT2D eigenvalue weighted by atomic mass is 16.3. The van der Waals surface area contributed by atoms with Gasteiger partial charge in [0.15, 0.2) is 0 Å². The van der Waals surface area contributed by atoms with Gasteiger partial charge in [-0.3, -0.25) is 0 Å². The summed E-state index contributed by atoms with van der Waals surface area (Å²) < 4.78 is 0. The molecule has 0 radical (unpaired) electrons. The Balaban J connectivity index is 2.46. The van der Waals surface area contributed by atoms with Gasteiger partial charge in [-0.15, -0.1) is 0 Å². The molecule has 154 valence electrons. The number of aromatic hydroxyl groups is 2. The first-order chi connectivity index (χ1) is 13.5. The van der Waals surface area contributed by atoms with Crippen LogP contribution in [0.4, 0.5) is 0 Å². The third kappa shape index (κ3) is 4.90. The maximum Gasteiger partial charge on any atom is 0.122 e. The van der Waals surface area contributed by atoms with E-state index in [2.05, 4.69) is 45.0 Å². The predicted octanol–water partition coefficient (Wildman–Crippen LogP) is 7.33. The van der Waals surface area contributed by atoms with Crippen LogP contribution in [0.1, 0.15) is 98.6 Å². The van der Waals surface area contributed by atoms with Crippen molar-refractivity contribution in [1.82, 2.24) is 0 Å². The molecule has 0 aliphatic rings. The van der Waals surface area contributed by atoms with Crippen molar-refractivity contribution >= 4 is 0 Å². The van der Waals surface area contributed by atoms with Crippen LogP contribution in [-0.2, 0) is 12.8 Å². The Morgan fingerprint density at radius 1 is 0.679 bits per heavy atom. The molecular formula is C26H38O2. The monoisotopic (exact) mass is 382 g/mol. The van der Waals surface area contributed by atoms with Gasteiger partial charge in [0.1, 0.15) is 11.5 Å². The number of hydrogen-bond donors (Lipinski definition) is 2. The van der Waals surface area contributed by atoms with Crippen LogP contribution in [0.15, 0.2) is 24.3 Å². The van der Waals surface area contributed by atoms with E-state index < -0.39 is 0 Å². The zero-order chi connectivity index (χ0) is 20.7. The van der Waals surface area contributed by atoms with Gasteiger partial charge in [0, 0.05) is 17.0 Å². The van der Waals surface area contributed by atoms with Gasteiger partial charge in [-0.1, -0.05) is 64.3 Å². The quantitative estimate of drug-likeness (QED) is 0.451. The second kappa shape index (κ2) is 10.5. The van der Waals surface area contributed by atoms with Crippen molar-refractivity contribution < 1.29 is 10.2 Å². The standard InChI is InChI=1S/C26H38O2/c1-6-9-12-20-14-16-23(25(27)18(20)4)22(11-8-3)24-17-15-21(13-10-7-2)19(5)26(24)28/h14-17,22,27-28H,6-13H2,1-5H3. The van der Waals surface area contributed by atoms with Gasteiger partial charge in [-0.2, -0.15) is 0 Å². The lowest BCUT2D eigenvalue weighted by Gasteiger charge is -2.23. The normalized spacial score (nSPS) is 11.4. The smallest absolute Gasteiger partial charge is 0.122 e. The number of rotatable bonds is 10. The Labute approximate surface area is 171 Å². The molecule has 2 aromatic carbocycles. The van der Waals surface area contributed by atoms with E-state index in [1.54, 1.807) is 0 Å². The maximum atomic E-state index is 11.0. The molecule has 2 nitrogen and oxygen atoms in total. The molecule has 0 spiro atoms. The fraction of sp³-hybridized carbons (Fsp3) is 0.538. The molecule has 0 atom stereocenters. The minimum atomic E-state index is 0.0165. The molecule has 0 aliphatic heterocycles. The molecule has 2 aromatic rings. The number of phenolic OH excluding ortho intramolecular Hbond substituents is 2. The SMILES string of the molecule is CCCCc1ccc(C(CCC)c2ccc(CCCC)c(C)c2O)c(O)c1C. The third-order valence-corrected chi connectivity index (χ3v) is 6.08. The Hall–Kier alpha value is -1.96. The van der Waals surface area contributed by atoms with Crippen molar-refractivity contribution in [2.45, 2.75) is 91.9 Å². The summed E-state index contributed by atoms with van der Waals surface area (Å²) in [5, 5.41) is 22.0. The molecule has 0 fully saturated rings. The van der Waals surface area contributed by atoms with Crippen LogP contribution in [0.5, 0.6) is 11.5 Å². The lowest BCUT2D eigenvalue weighted by atomic mass is 9.83. The van der Waals surface area contributed by atoms with Crippen molar-refractivity contribution in [1.29, 1.82) is 0 Å². The van der Waals surface area contributed by atoms with Crippen molar-refractivity contribution in [3.8, 4) is 11.5 Å². The second-order valence-electron chi connectivity index (χ2n) is 8.12. The first kappa shape index (κ1) is 22.3. The van der Waals surface area contributed by atoms with Crippen molar-refractivity contribution in [3.05, 3.63) is 57.6 Å². The molecular weight excluding hydrogens is 344 g/mol. The van der Waals surface area contributed by atoms with Crippen LogP contribution in [0.3, 0.4) is 0 Å². The highest BCUT2D eigenvalue weighted by Gasteiger charge is 2.23. The first-order valence-corrected chi connectivity index (χ1v) is 11.1. The van der Waals surface area contributed by atoms with E-state index in [1.807, 2.05) is 13.8 Å². The van der Waals surface area contributed by atoms with Gasteiger partial charge in [-0.25, -0.2) is 0 Å². The fourth-order valence-electron chi connectivity index (χ4n) is 4.13. The van der Waals surface area contributed by atoms with E-state index in [0.29, 0.717) is 11.5 Å². The Morgan fingerprint density at radius 3 is 1.46 bits per heavy atom. The molecule has 0 amide bonds. The molecule has 0 bridgehead atoms. The predicted molar refractivity (Wildman–Crippen MR) is 120 cm³/mol. The molecule has 0 aromatic heterocycles. The highest BCUT2D eigenvalue weighted by Crippen LogP contribution is 2.42. The van der Waals surface area contributed by atoms with Crippen LogP contribution in [0, 0.1) is 13.8 Å². The average molecular weight is 383 g/mol. The third-order valence-electron chi connectivity index (χ3n) is 6.08. The van der Waals surface area contributed by atoms with E-state index in [4.69, 9.17) is 0 Å². The fourth-order valence-corrected chi connectivity index (χ4v) is 4.13. The number of unbranched alkanes of at least 4 members (excludes halogenated alkanes) is 2. The van der Waals surface area contributed by atoms with Gasteiger partial charge in [0.25, 0.3) is 0 Å². The summed E-state index contributed by atoms with van der Waals surface area (Å²) in [5.74, 6) is 0.821. The Kier molecular flexibility index (Phi) is 8.41. The van der Waals surface area contributed by atoms with Gasteiger partial charge in [0.05, 0.1) is 0 Å². The van der Waals surface area contributed by atoms with E-state index in [1.165, 1.54) is 11.1 Å². The van der Waals surface area contributed by atoms with Gasteiger partial charge < -0.3 is 10.2 Å². The first-order valence-electron chi connectivity index (χ1n) is 11.1. The summed E-state index contributed by atoms with van der Waals surface area (Å²) in [6, 6.07) is 8.49. The maximum absolute atomic E-state index is 11.0. The minimum Gasteiger partial charge on any atom is -0.507 e. The van der Waals surface area contributed by atoms with Gasteiger partial charge in [0.2, 0.25) is 0 Å². The minimum absolute atomic E-state index is 0.0165. The number of hydrogen-bond acceptors (Lipinski definition) is 2. The summed E-state index contributed by atoms with van der Waals surface area (Å²) >= 11 is 0. The molecule has 28 heavy (non-hydrogen) atoms. The number of benzene rings is 2. The van der Waals surface area contributed by atoms with E-state index in [9.17, 15) is 10.2 Å². The van der Waals surface area contributed by atoms with Gasteiger partial charge in [-0.05, 0) is 68.2 Å². The molecule has 0 unspecified atom stereocenters. The van der Waals surface area contributed by atoms with Crippen molar-refractivity contribution in [2.24, 2.45) is 0 Å². The van der Waals surface area contributed by atoms with E-state index >= 15 is 0 Å². The van der Waals surface area contributed by atoms with Crippen LogP contribution in [0.2, 0.25) is 0 Å². The summed E-state index contributed by atoms with van der Waals surface area (Å²) in [4.78, 5) is 0. The zero-order valence-corrected chi connectivity index (χ0v) is 18.4. The molecule has 0 saturated carbocycles. The molecule has 2 heteroatoms. The van der Waals surface area contributed by atoms with E-state index in [-0.39, 0.29) is 5.92 Å². The average Bonchev–Trinajstić information content (AvgIpc) is 2.69. The molecule has 2 rings (SSSR count). The van der Waals surface area contributed by atoms with Crippen molar-refractivity contribution in [3.63, 3.8) is 0 Å². The summed E-state index contributed by atoms with van der Waals surface area (Å²) in [7, 11) is 0. The largest absolute Gasteiger partial charge is 0.507 e. The van der Waals surface area contributed by atoms with Crippen LogP contribution >= 0.6 is 0 Å². The molecule has 0 saturated heterocycles. The Morgan fingerprint density at radius 2 is 1.11 bits per heavy atom. The summed E-state index contributed by atoms with van der Waals surface area (Å²) in [5.41, 5.74) is 6.32. The second-order valence-corrected chi connectivity index (χ2v) is 8.12. The van der Waals surface area contributed by atoms with Crippen molar-refractivity contribution in [2.75, 3.05) is 0 Å². The van der Waals surface area contributed by atoms with Crippen LogP contribution in [-0.4, -0.2) is 10.2 Å². The molecule has 2 N–H and O–H groups in total. The molecule has 0 aliphatic carbocycles. The van der Waals surface area contributed by atoms with Crippen LogP contribution in [0.25, 0.3) is 0 Å². The van der Waals surface area contributed by atoms with Crippen LogP contribution < -0.4 is 0 Å². The topological polar surface area (TPSA) is 40.5 Å². The van der Waals surface area contributed by atoms with E-state index in [0.717, 1.165) is 73.6 Å². The molecule has 0 heterocycles. The zero-order valence-electron chi connectivity index (χ0n) is 18.4.